The van der Waals surface area contributed by atoms with E-state index in [1.165, 1.54) is 12.3 Å². The van der Waals surface area contributed by atoms with Crippen LogP contribution >= 0.6 is 0 Å². The minimum atomic E-state index is -0.361. The number of amides is 1. The van der Waals surface area contributed by atoms with Gasteiger partial charge in [0.25, 0.3) is 5.91 Å². The first-order chi connectivity index (χ1) is 7.68. The molecular formula is C11H15N3O2. The Morgan fingerprint density at radius 3 is 3.00 bits per heavy atom. The van der Waals surface area contributed by atoms with Crippen molar-refractivity contribution in [3.05, 3.63) is 24.0 Å². The highest BCUT2D eigenvalue weighted by atomic mass is 16.3. The lowest BCUT2D eigenvalue weighted by Gasteiger charge is -2.16. The first kappa shape index (κ1) is 10.9. The summed E-state index contributed by atoms with van der Waals surface area (Å²) in [5.74, 6) is -0.466. The molecule has 0 spiro atoms. The predicted octanol–water partition coefficient (Wildman–Crippen LogP) is 0.397. The largest absolute Gasteiger partial charge is 0.505 e. The summed E-state index contributed by atoms with van der Waals surface area (Å²) in [6, 6.07) is 3.02. The molecule has 2 atom stereocenters. The number of aromatic nitrogens is 1. The lowest BCUT2D eigenvalue weighted by molar-refractivity contribution is 0.0926. The third-order valence-corrected chi connectivity index (χ3v) is 2.89. The Labute approximate surface area is 93.7 Å². The maximum Gasteiger partial charge on any atom is 0.274 e. The van der Waals surface area contributed by atoms with Gasteiger partial charge in [0.1, 0.15) is 5.75 Å². The Hall–Kier alpha value is -1.62. The summed E-state index contributed by atoms with van der Waals surface area (Å²) < 4.78 is 0. The molecule has 5 nitrogen and oxygen atoms in total. The van der Waals surface area contributed by atoms with Crippen LogP contribution in [-0.4, -0.2) is 28.1 Å². The third kappa shape index (κ3) is 2.14. The van der Waals surface area contributed by atoms with Crippen LogP contribution < -0.4 is 11.1 Å². The van der Waals surface area contributed by atoms with Gasteiger partial charge < -0.3 is 16.2 Å². The number of aromatic hydroxyl groups is 1. The van der Waals surface area contributed by atoms with E-state index in [9.17, 15) is 9.90 Å². The van der Waals surface area contributed by atoms with Crippen molar-refractivity contribution in [2.75, 3.05) is 0 Å². The SMILES string of the molecule is NC1CCCC1NC(=O)c1ncccc1O. The van der Waals surface area contributed by atoms with E-state index >= 15 is 0 Å². The zero-order chi connectivity index (χ0) is 11.5. The van der Waals surface area contributed by atoms with Crippen molar-refractivity contribution in [3.8, 4) is 5.75 Å². The molecule has 0 bridgehead atoms. The number of rotatable bonds is 2. The smallest absolute Gasteiger partial charge is 0.274 e. The average Bonchev–Trinajstić information content (AvgIpc) is 2.65. The van der Waals surface area contributed by atoms with Gasteiger partial charge in [-0.1, -0.05) is 0 Å². The zero-order valence-electron chi connectivity index (χ0n) is 8.89. The molecule has 2 rings (SSSR count). The summed E-state index contributed by atoms with van der Waals surface area (Å²) in [6.45, 7) is 0. The van der Waals surface area contributed by atoms with Crippen molar-refractivity contribution in [2.24, 2.45) is 5.73 Å². The third-order valence-electron chi connectivity index (χ3n) is 2.89. The van der Waals surface area contributed by atoms with Crippen molar-refractivity contribution < 1.29 is 9.90 Å². The fraction of sp³-hybridized carbons (Fsp3) is 0.455. The minimum Gasteiger partial charge on any atom is -0.505 e. The standard InChI is InChI=1S/C11H15N3O2/c12-7-3-1-4-8(7)14-11(16)10-9(15)5-2-6-13-10/h2,5-8,15H,1,3-4,12H2,(H,14,16). The quantitative estimate of drug-likeness (QED) is 0.674. The van der Waals surface area contributed by atoms with E-state index in [1.807, 2.05) is 0 Å². The topological polar surface area (TPSA) is 88.2 Å². The van der Waals surface area contributed by atoms with Crippen molar-refractivity contribution in [3.63, 3.8) is 0 Å². The average molecular weight is 221 g/mol. The molecule has 1 heterocycles. The molecule has 1 saturated carbocycles. The number of nitrogens with two attached hydrogens (primary N) is 1. The van der Waals surface area contributed by atoms with Gasteiger partial charge in [0.05, 0.1) is 0 Å². The lowest BCUT2D eigenvalue weighted by atomic mass is 10.2. The Bertz CT molecular complexity index is 395. The summed E-state index contributed by atoms with van der Waals surface area (Å²) in [5.41, 5.74) is 5.90. The number of pyridine rings is 1. The molecule has 1 amide bonds. The molecule has 1 aromatic heterocycles. The highest BCUT2D eigenvalue weighted by Crippen LogP contribution is 2.18. The number of nitrogens with one attached hydrogen (secondary N) is 1. The van der Waals surface area contributed by atoms with Gasteiger partial charge in [-0.2, -0.15) is 0 Å². The Morgan fingerprint density at radius 1 is 1.56 bits per heavy atom. The summed E-state index contributed by atoms with van der Waals surface area (Å²) in [5, 5.41) is 12.3. The second-order valence-corrected chi connectivity index (χ2v) is 4.05. The maximum atomic E-state index is 11.8. The fourth-order valence-corrected chi connectivity index (χ4v) is 1.98. The van der Waals surface area contributed by atoms with E-state index in [2.05, 4.69) is 10.3 Å². The number of hydrogen-bond acceptors (Lipinski definition) is 4. The van der Waals surface area contributed by atoms with Gasteiger partial charge >= 0.3 is 0 Å². The second-order valence-electron chi connectivity index (χ2n) is 4.05. The number of carbonyl (C=O) groups excluding carboxylic acids is 1. The van der Waals surface area contributed by atoms with Gasteiger partial charge in [0.15, 0.2) is 5.69 Å². The molecule has 4 N–H and O–H groups in total. The summed E-state index contributed by atoms with van der Waals surface area (Å²) in [4.78, 5) is 15.6. The van der Waals surface area contributed by atoms with Crippen LogP contribution in [0.5, 0.6) is 5.75 Å². The van der Waals surface area contributed by atoms with Crippen LogP contribution in [0.25, 0.3) is 0 Å². The van der Waals surface area contributed by atoms with Crippen LogP contribution in [0.1, 0.15) is 29.8 Å². The number of carbonyl (C=O) groups is 1. The molecule has 0 saturated heterocycles. The molecular weight excluding hydrogens is 206 g/mol. The molecule has 1 aromatic rings. The van der Waals surface area contributed by atoms with Crippen LogP contribution in [0.2, 0.25) is 0 Å². The van der Waals surface area contributed by atoms with Gasteiger partial charge in [-0.25, -0.2) is 4.98 Å². The van der Waals surface area contributed by atoms with Crippen LogP contribution in [0.15, 0.2) is 18.3 Å². The van der Waals surface area contributed by atoms with E-state index in [0.29, 0.717) is 0 Å². The highest BCUT2D eigenvalue weighted by Gasteiger charge is 2.26. The minimum absolute atomic E-state index is 0.00564. The highest BCUT2D eigenvalue weighted by molar-refractivity contribution is 5.94. The van der Waals surface area contributed by atoms with Crippen molar-refractivity contribution in [1.29, 1.82) is 0 Å². The molecule has 0 aliphatic heterocycles. The molecule has 0 aromatic carbocycles. The van der Waals surface area contributed by atoms with Crippen molar-refractivity contribution in [1.82, 2.24) is 10.3 Å². The van der Waals surface area contributed by atoms with Gasteiger partial charge in [-0.3, -0.25) is 4.79 Å². The lowest BCUT2D eigenvalue weighted by Crippen LogP contribution is -2.44. The zero-order valence-corrected chi connectivity index (χ0v) is 8.89. The second kappa shape index (κ2) is 4.49. The van der Waals surface area contributed by atoms with Crippen molar-refractivity contribution in [2.45, 2.75) is 31.3 Å². The van der Waals surface area contributed by atoms with E-state index in [-0.39, 0.29) is 29.4 Å². The molecule has 2 unspecified atom stereocenters. The Balaban J connectivity index is 2.06. The summed E-state index contributed by atoms with van der Waals surface area (Å²) in [7, 11) is 0. The normalized spacial score (nSPS) is 24.3. The molecule has 16 heavy (non-hydrogen) atoms. The summed E-state index contributed by atoms with van der Waals surface area (Å²) >= 11 is 0. The van der Waals surface area contributed by atoms with Gasteiger partial charge in [0, 0.05) is 18.3 Å². The van der Waals surface area contributed by atoms with Gasteiger partial charge in [-0.05, 0) is 31.4 Å². The number of hydrogen-bond donors (Lipinski definition) is 3. The predicted molar refractivity (Wildman–Crippen MR) is 59.0 cm³/mol. The number of nitrogens with zero attached hydrogens (tertiary/aromatic N) is 1. The van der Waals surface area contributed by atoms with Gasteiger partial charge in [0.2, 0.25) is 0 Å². The van der Waals surface area contributed by atoms with E-state index in [0.717, 1.165) is 19.3 Å². The maximum absolute atomic E-state index is 11.8. The molecule has 0 radical (unpaired) electrons. The van der Waals surface area contributed by atoms with Crippen LogP contribution in [0.3, 0.4) is 0 Å². The van der Waals surface area contributed by atoms with E-state index in [1.54, 1.807) is 6.07 Å². The van der Waals surface area contributed by atoms with Crippen LogP contribution in [0, 0.1) is 0 Å². The molecule has 86 valence electrons. The van der Waals surface area contributed by atoms with Crippen LogP contribution in [0.4, 0.5) is 0 Å². The van der Waals surface area contributed by atoms with E-state index < -0.39 is 0 Å². The molecule has 1 aliphatic carbocycles. The molecule has 1 aliphatic rings. The van der Waals surface area contributed by atoms with Gasteiger partial charge in [-0.15, -0.1) is 0 Å². The van der Waals surface area contributed by atoms with Crippen LogP contribution in [-0.2, 0) is 0 Å². The van der Waals surface area contributed by atoms with E-state index in [4.69, 9.17) is 5.73 Å². The Kier molecular flexibility index (Phi) is 3.05. The Morgan fingerprint density at radius 2 is 2.38 bits per heavy atom. The first-order valence-corrected chi connectivity index (χ1v) is 5.39. The molecule has 1 fully saturated rings. The van der Waals surface area contributed by atoms with Crippen molar-refractivity contribution >= 4 is 5.91 Å². The fourth-order valence-electron chi connectivity index (χ4n) is 1.98. The monoisotopic (exact) mass is 221 g/mol. The summed E-state index contributed by atoms with van der Waals surface area (Å²) in [6.07, 6.45) is 4.32. The first-order valence-electron chi connectivity index (χ1n) is 5.39. The molecule has 5 heteroatoms.